The summed E-state index contributed by atoms with van der Waals surface area (Å²) in [5.74, 6) is 0.123. The molecule has 0 unspecified atom stereocenters. The van der Waals surface area contributed by atoms with Gasteiger partial charge in [-0.1, -0.05) is 30.3 Å². The number of carbonyl (C=O) groups excluding carboxylic acids is 1. The number of benzene rings is 1. The zero-order chi connectivity index (χ0) is 18.1. The Morgan fingerprint density at radius 2 is 1.96 bits per heavy atom. The Balaban J connectivity index is 1.78. The third-order valence-corrected chi connectivity index (χ3v) is 4.22. The smallest absolute Gasteiger partial charge is 0.233 e. The fourth-order valence-electron chi connectivity index (χ4n) is 1.89. The van der Waals surface area contributed by atoms with E-state index in [1.807, 2.05) is 18.2 Å². The fourth-order valence-corrected chi connectivity index (χ4v) is 2.70. The average Bonchev–Trinajstić information content (AvgIpc) is 2.61. The number of hydrogen-bond donors (Lipinski definition) is 2. The molecule has 0 bridgehead atoms. The topological polar surface area (TPSA) is 97.4 Å². The molecule has 0 spiro atoms. The number of ether oxygens (including phenoxy) is 1. The predicted molar refractivity (Wildman–Crippen MR) is 96.4 cm³/mol. The van der Waals surface area contributed by atoms with Crippen LogP contribution in [0.4, 0.5) is 5.69 Å². The van der Waals surface area contributed by atoms with Crippen LogP contribution in [0.3, 0.4) is 0 Å². The number of anilines is 1. The summed E-state index contributed by atoms with van der Waals surface area (Å²) >= 11 is 0. The molecule has 2 rings (SSSR count). The van der Waals surface area contributed by atoms with Crippen molar-refractivity contribution >= 4 is 27.7 Å². The second kappa shape index (κ2) is 8.95. The molecule has 7 nitrogen and oxygen atoms in total. The van der Waals surface area contributed by atoms with Crippen LogP contribution in [0.5, 0.6) is 5.88 Å². The number of rotatable bonds is 8. The van der Waals surface area contributed by atoms with Crippen molar-refractivity contribution in [3.8, 4) is 5.88 Å². The number of pyridine rings is 1. The van der Waals surface area contributed by atoms with Crippen molar-refractivity contribution in [1.82, 2.24) is 9.71 Å². The maximum absolute atomic E-state index is 11.9. The van der Waals surface area contributed by atoms with Crippen LogP contribution < -0.4 is 14.8 Å². The first-order valence-corrected chi connectivity index (χ1v) is 9.06. The summed E-state index contributed by atoms with van der Waals surface area (Å²) in [4.78, 5) is 15.8. The first-order chi connectivity index (χ1) is 12.0. The minimum absolute atomic E-state index is 0.00310. The van der Waals surface area contributed by atoms with Crippen molar-refractivity contribution in [2.75, 3.05) is 19.0 Å². The molecular formula is C17H19N3O4S. The summed E-state index contributed by atoms with van der Waals surface area (Å²) in [6.07, 6.45) is 2.96. The minimum atomic E-state index is -3.60. The van der Waals surface area contributed by atoms with Gasteiger partial charge in [-0.05, 0) is 17.7 Å². The number of amides is 1. The Bertz CT molecular complexity index is 819. The first kappa shape index (κ1) is 18.6. The van der Waals surface area contributed by atoms with Crippen LogP contribution in [-0.2, 0) is 14.8 Å². The van der Waals surface area contributed by atoms with Crippen LogP contribution in [0.2, 0.25) is 0 Å². The molecule has 132 valence electrons. The van der Waals surface area contributed by atoms with Crippen LogP contribution in [-0.4, -0.2) is 33.0 Å². The summed E-state index contributed by atoms with van der Waals surface area (Å²) in [6, 6.07) is 12.3. The predicted octanol–water partition coefficient (Wildman–Crippen LogP) is 2.01. The highest BCUT2D eigenvalue weighted by atomic mass is 32.2. The molecule has 1 amide bonds. The van der Waals surface area contributed by atoms with Crippen LogP contribution in [0, 0.1) is 0 Å². The number of nitrogens with one attached hydrogen (secondary N) is 2. The third-order valence-electron chi connectivity index (χ3n) is 3.12. The summed E-state index contributed by atoms with van der Waals surface area (Å²) in [6.45, 7) is -0.00310. The van der Waals surface area contributed by atoms with Crippen LogP contribution in [0.15, 0.2) is 54.1 Å². The molecule has 0 saturated carbocycles. The summed E-state index contributed by atoms with van der Waals surface area (Å²) in [7, 11) is -2.10. The van der Waals surface area contributed by atoms with E-state index in [1.54, 1.807) is 24.3 Å². The van der Waals surface area contributed by atoms with Gasteiger partial charge in [-0.3, -0.25) is 4.79 Å². The zero-order valence-corrected chi connectivity index (χ0v) is 14.5. The van der Waals surface area contributed by atoms with Gasteiger partial charge in [0.2, 0.25) is 21.8 Å². The Hall–Kier alpha value is -2.71. The van der Waals surface area contributed by atoms with Crippen LogP contribution in [0.1, 0.15) is 12.0 Å². The highest BCUT2D eigenvalue weighted by Gasteiger charge is 2.08. The Morgan fingerprint density at radius 1 is 1.20 bits per heavy atom. The molecule has 1 heterocycles. The van der Waals surface area contributed by atoms with Gasteiger partial charge in [0, 0.05) is 24.4 Å². The Labute approximate surface area is 146 Å². The average molecular weight is 361 g/mol. The quantitative estimate of drug-likeness (QED) is 0.750. The Kier molecular flexibility index (Phi) is 6.67. The van der Waals surface area contributed by atoms with Gasteiger partial charge in [-0.2, -0.15) is 0 Å². The van der Waals surface area contributed by atoms with E-state index in [0.29, 0.717) is 11.6 Å². The minimum Gasteiger partial charge on any atom is -0.481 e. The highest BCUT2D eigenvalue weighted by Crippen LogP contribution is 2.11. The monoisotopic (exact) mass is 361 g/mol. The van der Waals surface area contributed by atoms with Gasteiger partial charge in [0.1, 0.15) is 0 Å². The van der Waals surface area contributed by atoms with Gasteiger partial charge in [0.15, 0.2) is 0 Å². The van der Waals surface area contributed by atoms with E-state index in [-0.39, 0.29) is 18.9 Å². The van der Waals surface area contributed by atoms with Crippen LogP contribution >= 0.6 is 0 Å². The molecule has 1 aromatic carbocycles. The Morgan fingerprint density at radius 3 is 2.60 bits per heavy atom. The fraction of sp³-hybridized carbons (Fsp3) is 0.176. The molecule has 1 aromatic heterocycles. The molecule has 0 aliphatic carbocycles. The summed E-state index contributed by atoms with van der Waals surface area (Å²) in [5, 5.41) is 3.70. The lowest BCUT2D eigenvalue weighted by Gasteiger charge is -2.06. The molecule has 0 aliphatic rings. The van der Waals surface area contributed by atoms with Crippen molar-refractivity contribution in [2.24, 2.45) is 0 Å². The molecule has 0 fully saturated rings. The summed E-state index contributed by atoms with van der Waals surface area (Å²) in [5.41, 5.74) is 1.29. The standard InChI is InChI=1S/C17H19N3O4S/c1-24-17-8-7-15(13-18-17)20-16(21)9-11-19-25(22,23)12-10-14-5-3-2-4-6-14/h2-8,10,12-13,19H,9,11H2,1H3,(H,20,21)/b12-10-. The van der Waals surface area contributed by atoms with E-state index >= 15 is 0 Å². The number of aromatic nitrogens is 1. The van der Waals surface area contributed by atoms with E-state index in [9.17, 15) is 13.2 Å². The van der Waals surface area contributed by atoms with E-state index in [2.05, 4.69) is 15.0 Å². The number of hydrogen-bond acceptors (Lipinski definition) is 5. The zero-order valence-electron chi connectivity index (χ0n) is 13.7. The molecule has 0 radical (unpaired) electrons. The normalized spacial score (nSPS) is 11.4. The lowest BCUT2D eigenvalue weighted by Crippen LogP contribution is -2.26. The summed E-state index contributed by atoms with van der Waals surface area (Å²) < 4.78 is 31.0. The SMILES string of the molecule is COc1ccc(NC(=O)CCNS(=O)(=O)/C=C\c2ccccc2)cn1. The molecule has 0 aliphatic heterocycles. The molecule has 0 atom stereocenters. The number of nitrogens with zero attached hydrogens (tertiary/aromatic N) is 1. The van der Waals surface area contributed by atoms with Gasteiger partial charge < -0.3 is 10.1 Å². The van der Waals surface area contributed by atoms with Crippen LogP contribution in [0.25, 0.3) is 6.08 Å². The largest absolute Gasteiger partial charge is 0.481 e. The maximum atomic E-state index is 11.9. The number of methoxy groups -OCH3 is 1. The molecule has 8 heteroatoms. The van der Waals surface area contributed by atoms with Gasteiger partial charge in [-0.25, -0.2) is 18.1 Å². The van der Waals surface area contributed by atoms with Gasteiger partial charge >= 0.3 is 0 Å². The van der Waals surface area contributed by atoms with Crippen molar-refractivity contribution in [3.63, 3.8) is 0 Å². The second-order valence-electron chi connectivity index (χ2n) is 5.04. The van der Waals surface area contributed by atoms with E-state index in [0.717, 1.165) is 11.0 Å². The van der Waals surface area contributed by atoms with Gasteiger partial charge in [0.25, 0.3) is 0 Å². The maximum Gasteiger partial charge on any atom is 0.233 e. The van der Waals surface area contributed by atoms with Crippen molar-refractivity contribution in [2.45, 2.75) is 6.42 Å². The van der Waals surface area contributed by atoms with Crippen molar-refractivity contribution < 1.29 is 17.9 Å². The third kappa shape index (κ3) is 6.74. The van der Waals surface area contributed by atoms with E-state index in [4.69, 9.17) is 4.74 Å². The van der Waals surface area contributed by atoms with Crippen molar-refractivity contribution in [1.29, 1.82) is 0 Å². The number of carbonyl (C=O) groups is 1. The molecule has 0 saturated heterocycles. The second-order valence-corrected chi connectivity index (χ2v) is 6.69. The lowest BCUT2D eigenvalue weighted by atomic mass is 10.2. The first-order valence-electron chi connectivity index (χ1n) is 7.51. The van der Waals surface area contributed by atoms with Crippen molar-refractivity contribution in [3.05, 3.63) is 59.6 Å². The van der Waals surface area contributed by atoms with E-state index < -0.39 is 10.0 Å². The molecule has 25 heavy (non-hydrogen) atoms. The van der Waals surface area contributed by atoms with Gasteiger partial charge in [0.05, 0.1) is 19.0 Å². The molecule has 2 N–H and O–H groups in total. The van der Waals surface area contributed by atoms with Gasteiger partial charge in [-0.15, -0.1) is 0 Å². The lowest BCUT2D eigenvalue weighted by molar-refractivity contribution is -0.116. The molecule has 2 aromatic rings. The highest BCUT2D eigenvalue weighted by molar-refractivity contribution is 7.92. The van der Waals surface area contributed by atoms with E-state index in [1.165, 1.54) is 19.4 Å². The molecular weight excluding hydrogens is 342 g/mol. The number of sulfonamides is 1.